The fraction of sp³-hybridized carbons (Fsp3) is 0.960. The Morgan fingerprint density at radius 2 is 0.910 bits per heavy atom. The Bertz CT molecular complexity index is 1350. The lowest BCUT2D eigenvalue weighted by atomic mass is 10.0. The largest absolute Gasteiger partial charge is 0.390 e. The van der Waals surface area contributed by atoms with Gasteiger partial charge in [0.05, 0.1) is 36.2 Å². The average Bonchev–Trinajstić information content (AvgIpc) is 3.88. The zero-order chi connectivity index (χ0) is 50.6. The minimum Gasteiger partial charge on any atom is -0.390 e. The Balaban J connectivity index is 0.000000762. The fourth-order valence-corrected chi connectivity index (χ4v) is 8.96. The van der Waals surface area contributed by atoms with Crippen molar-refractivity contribution in [3.05, 3.63) is 0 Å². The van der Waals surface area contributed by atoms with Gasteiger partial charge in [-0.05, 0) is 135 Å². The zero-order valence-corrected chi connectivity index (χ0v) is 45.8. The molecule has 0 spiro atoms. The Hall–Kier alpha value is -1.31. The molecule has 0 bridgehead atoms. The van der Waals surface area contributed by atoms with Gasteiger partial charge in [-0.2, -0.15) is 10.5 Å². The van der Waals surface area contributed by atoms with E-state index in [0.717, 1.165) is 78.0 Å². The van der Waals surface area contributed by atoms with E-state index in [4.69, 9.17) is 42.2 Å². The molecule has 67 heavy (non-hydrogen) atoms. The number of hydrogen-bond acceptors (Lipinski definition) is 15. The van der Waals surface area contributed by atoms with Crippen LogP contribution in [0, 0.1) is 40.4 Å². The van der Waals surface area contributed by atoms with E-state index in [9.17, 15) is 4.57 Å². The number of β-amino-alcohol motifs (C(OH)–C–C–N with tert-alkyl or cyclic N) is 1. The third kappa shape index (κ3) is 26.1. The number of hydrogen-bond donors (Lipinski definition) is 5. The van der Waals surface area contributed by atoms with E-state index in [2.05, 4.69) is 150 Å². The van der Waals surface area contributed by atoms with Crippen LogP contribution in [0.5, 0.6) is 0 Å². The molecular formula is C50H107N12O4P. The van der Waals surface area contributed by atoms with Gasteiger partial charge >= 0.3 is 7.60 Å². The monoisotopic (exact) mass is 971 g/mol. The summed E-state index contributed by atoms with van der Waals surface area (Å²) in [5.74, 6) is 0.859. The standard InChI is InChI=1S/C9H16N2.C8H15N3.C7H16N2.C7H16NO3P.C6H14N2.C6H13NO.C6H13N.CH4/c1-7(2)11-5-8(3)9(4-10)6-11;1-6(2)11-4-7(3-9)8(10)5-11;1-6(2)9-4-3-7(8)5-9;1-6(2)8-4-7(5-8)11-12(3,9)10;1-5(2)8-3-6(7)4-8;1-5(2)7-3-6(8)4-7;1-6(2)7-4-3-5-7;/h7-9H,5-6H2,1-3H3;6-8H,4-5,10H2,1-2H3;6-7H,3-5,8H2,1-2H3;6-7H,4-5H2,1-3H3,(H,9,10);5-6H,3-4,7H2,1-2H3;5-6,8H,3-4H2,1-2H3;6H,3-5H2,1-2H3;1H4. The molecule has 6 unspecified atom stereocenters. The van der Waals surface area contributed by atoms with Crippen molar-refractivity contribution in [3.63, 3.8) is 0 Å². The minimum absolute atomic E-state index is 0. The molecule has 7 fully saturated rings. The molecule has 16 nitrogen and oxygen atoms in total. The predicted octanol–water partition coefficient (Wildman–Crippen LogP) is 4.85. The highest BCUT2D eigenvalue weighted by molar-refractivity contribution is 7.51. The van der Waals surface area contributed by atoms with Crippen molar-refractivity contribution in [1.82, 2.24) is 34.3 Å². The first kappa shape index (κ1) is 65.7. The summed E-state index contributed by atoms with van der Waals surface area (Å²) in [5.41, 5.74) is 17.0. The van der Waals surface area contributed by atoms with E-state index in [-0.39, 0.29) is 37.5 Å². The topological polar surface area (TPSA) is 215 Å². The highest BCUT2D eigenvalue weighted by atomic mass is 31.2. The molecule has 17 heteroatoms. The number of aliphatic hydroxyl groups excluding tert-OH is 1. The van der Waals surface area contributed by atoms with E-state index < -0.39 is 7.60 Å². The van der Waals surface area contributed by atoms with Crippen LogP contribution in [0.3, 0.4) is 0 Å². The van der Waals surface area contributed by atoms with E-state index in [1.165, 1.54) is 39.1 Å². The Morgan fingerprint density at radius 3 is 1.12 bits per heavy atom. The lowest BCUT2D eigenvalue weighted by Gasteiger charge is -2.41. The third-order valence-corrected chi connectivity index (χ3v) is 14.4. The summed E-state index contributed by atoms with van der Waals surface area (Å²) in [7, 11) is -3.27. The normalized spacial score (nSPS) is 27.4. The molecule has 7 aliphatic rings. The number of nitrogens with zero attached hydrogens (tertiary/aromatic N) is 9. The Labute approximate surface area is 412 Å². The molecule has 7 heterocycles. The lowest BCUT2D eigenvalue weighted by molar-refractivity contribution is -0.0161. The molecule has 396 valence electrons. The van der Waals surface area contributed by atoms with Gasteiger partial charge in [-0.15, -0.1) is 0 Å². The predicted molar refractivity (Wildman–Crippen MR) is 281 cm³/mol. The number of nitriles is 2. The quantitative estimate of drug-likeness (QED) is 0.195. The zero-order valence-electron chi connectivity index (χ0n) is 44.9. The average molecular weight is 971 g/mol. The first-order chi connectivity index (χ1) is 30.6. The molecule has 0 aliphatic carbocycles. The lowest BCUT2D eigenvalue weighted by Crippen LogP contribution is -2.57. The smallest absolute Gasteiger partial charge is 0.325 e. The molecule has 7 aliphatic heterocycles. The second kappa shape index (κ2) is 32.6. The maximum atomic E-state index is 10.8. The van der Waals surface area contributed by atoms with Crippen LogP contribution in [-0.2, 0) is 9.09 Å². The van der Waals surface area contributed by atoms with Crippen LogP contribution in [-0.4, -0.2) is 215 Å². The molecule has 0 aromatic carbocycles. The molecule has 0 saturated carbocycles. The van der Waals surface area contributed by atoms with E-state index >= 15 is 0 Å². The second-order valence-corrected chi connectivity index (χ2v) is 23.7. The summed E-state index contributed by atoms with van der Waals surface area (Å²) in [6.07, 6.45) is 2.50. The van der Waals surface area contributed by atoms with Crippen molar-refractivity contribution in [3.8, 4) is 12.1 Å². The first-order valence-electron chi connectivity index (χ1n) is 25.5. The number of aliphatic hydroxyl groups is 1. The van der Waals surface area contributed by atoms with Gasteiger partial charge in [-0.25, -0.2) is 0 Å². The molecule has 7 rings (SSSR count). The van der Waals surface area contributed by atoms with Gasteiger partial charge in [0.1, 0.15) is 0 Å². The van der Waals surface area contributed by atoms with Gasteiger partial charge in [0.15, 0.2) is 0 Å². The Kier molecular flexibility index (Phi) is 32.0. The van der Waals surface area contributed by atoms with E-state index in [1.54, 1.807) is 0 Å². The van der Waals surface area contributed by atoms with Crippen LogP contribution in [0.15, 0.2) is 0 Å². The molecule has 8 N–H and O–H groups in total. The molecule has 0 radical (unpaired) electrons. The second-order valence-electron chi connectivity index (χ2n) is 21.9. The molecule has 7 saturated heterocycles. The molecule has 6 atom stereocenters. The SMILES string of the molecule is C.CC(C)N1CC(N)C(C#N)C1.CC(C)N1CC(N)C1.CC(C)N1CC(O)C1.CC(C)N1CC(OP(C)(=O)O)C1.CC(C)N1CCC(N)C1.CC(C)N1CCC1.CC1CN(C(C)C)CC1C#N. The van der Waals surface area contributed by atoms with Crippen LogP contribution in [0.4, 0.5) is 0 Å². The van der Waals surface area contributed by atoms with E-state index in [0.29, 0.717) is 54.3 Å². The van der Waals surface area contributed by atoms with Crippen LogP contribution in [0.25, 0.3) is 0 Å². The number of likely N-dealkylation sites (tertiary alicyclic amines) is 7. The summed E-state index contributed by atoms with van der Waals surface area (Å²) in [6, 6.07) is 9.91. The number of nitrogens with two attached hydrogens (primary N) is 3. The van der Waals surface area contributed by atoms with Gasteiger partial charge in [0, 0.05) is 139 Å². The molecule has 0 aromatic rings. The maximum absolute atomic E-state index is 10.8. The van der Waals surface area contributed by atoms with Gasteiger partial charge < -0.3 is 36.6 Å². The van der Waals surface area contributed by atoms with Gasteiger partial charge in [0.25, 0.3) is 0 Å². The van der Waals surface area contributed by atoms with Crippen LogP contribution >= 0.6 is 7.60 Å². The molecular weight excluding hydrogens is 864 g/mol. The van der Waals surface area contributed by atoms with Crippen molar-refractivity contribution < 1.29 is 19.1 Å². The molecule has 0 aromatic heterocycles. The van der Waals surface area contributed by atoms with Crippen LogP contribution < -0.4 is 17.2 Å². The summed E-state index contributed by atoms with van der Waals surface area (Å²) in [5, 5.41) is 26.3. The van der Waals surface area contributed by atoms with Crippen molar-refractivity contribution in [2.45, 2.75) is 197 Å². The number of rotatable bonds is 9. The summed E-state index contributed by atoms with van der Waals surface area (Å²) >= 11 is 0. The van der Waals surface area contributed by atoms with Crippen molar-refractivity contribution in [1.29, 1.82) is 10.5 Å². The summed E-state index contributed by atoms with van der Waals surface area (Å²) in [4.78, 5) is 25.2. The van der Waals surface area contributed by atoms with Crippen molar-refractivity contribution in [2.24, 2.45) is 35.0 Å². The van der Waals surface area contributed by atoms with E-state index in [1.807, 2.05) is 0 Å². The minimum atomic E-state index is -3.27. The summed E-state index contributed by atoms with van der Waals surface area (Å²) in [6.45, 7) is 48.1. The summed E-state index contributed by atoms with van der Waals surface area (Å²) < 4.78 is 15.7. The van der Waals surface area contributed by atoms with Crippen molar-refractivity contribution >= 4 is 7.60 Å². The third-order valence-electron chi connectivity index (χ3n) is 13.7. The molecule has 0 amide bonds. The van der Waals surface area contributed by atoms with Crippen molar-refractivity contribution in [2.75, 3.05) is 98.3 Å². The first-order valence-corrected chi connectivity index (χ1v) is 27.5. The highest BCUT2D eigenvalue weighted by Crippen LogP contribution is 2.40. The van der Waals surface area contributed by atoms with Gasteiger partial charge in [-0.3, -0.25) is 34.0 Å². The highest BCUT2D eigenvalue weighted by Gasteiger charge is 2.34. The van der Waals surface area contributed by atoms with Gasteiger partial charge in [-0.1, -0.05) is 14.4 Å². The van der Waals surface area contributed by atoms with Crippen LogP contribution in [0.1, 0.15) is 124 Å². The Morgan fingerprint density at radius 1 is 0.537 bits per heavy atom. The van der Waals surface area contributed by atoms with Gasteiger partial charge in [0.2, 0.25) is 0 Å². The fourth-order valence-electron chi connectivity index (χ4n) is 8.27. The maximum Gasteiger partial charge on any atom is 0.325 e. The van der Waals surface area contributed by atoms with Crippen LogP contribution in [0.2, 0.25) is 0 Å².